The molecule has 7 N–H and O–H groups in total. The highest BCUT2D eigenvalue weighted by Crippen LogP contribution is 2.37. The van der Waals surface area contributed by atoms with Gasteiger partial charge in [-0.15, -0.1) is 0 Å². The number of hydrogen-bond acceptors (Lipinski definition) is 9. The van der Waals surface area contributed by atoms with E-state index in [1.165, 1.54) is 10.9 Å². The monoisotopic (exact) mass is 377 g/mol. The number of phosphoric ester groups is 1. The van der Waals surface area contributed by atoms with E-state index in [9.17, 15) is 19.6 Å². The average Bonchev–Trinajstić information content (AvgIpc) is 2.92. The lowest BCUT2D eigenvalue weighted by atomic mass is 9.98. The number of H-pyrrole nitrogens is 1. The van der Waals surface area contributed by atoms with E-state index in [4.69, 9.17) is 20.3 Å². The summed E-state index contributed by atoms with van der Waals surface area (Å²) in [5.41, 5.74) is 5.06. The Balaban J connectivity index is 1.84. The minimum Gasteiger partial charge on any atom is -0.388 e. The molecule has 2 aromatic heterocycles. The zero-order valence-electron chi connectivity index (χ0n) is 12.6. The molecule has 138 valence electrons. The summed E-state index contributed by atoms with van der Waals surface area (Å²) in [7, 11) is -4.74. The highest BCUT2D eigenvalue weighted by molar-refractivity contribution is 7.46. The van der Waals surface area contributed by atoms with E-state index in [-0.39, 0.29) is 23.7 Å². The van der Waals surface area contributed by atoms with Crippen LogP contribution in [0.2, 0.25) is 0 Å². The van der Waals surface area contributed by atoms with Gasteiger partial charge in [-0.1, -0.05) is 0 Å². The molecule has 3 heterocycles. The first-order valence-corrected chi connectivity index (χ1v) is 8.60. The molecule has 14 heteroatoms. The Bertz CT molecular complexity index is 877. The minimum atomic E-state index is -4.74. The van der Waals surface area contributed by atoms with Crippen molar-refractivity contribution in [2.75, 3.05) is 18.9 Å². The number of hydrogen-bond donors (Lipinski definition) is 6. The standard InChI is InChI=1S/C11H16N5O8P/c12-11-14-9-6(10(19)15-11)13-3-16(9)4-1-23-5(8(18)7(4)17)2-24-25(20,21)22/h3-5,7-8,17-18H,1-2H2,(H2,20,21,22)(H3,12,14,15,19)/t4-,5-,7+,8-/m1/s1. The lowest BCUT2D eigenvalue weighted by Crippen LogP contribution is -2.52. The van der Waals surface area contributed by atoms with Crippen molar-refractivity contribution in [1.29, 1.82) is 0 Å². The molecule has 13 nitrogen and oxygen atoms in total. The summed E-state index contributed by atoms with van der Waals surface area (Å²) in [6.45, 7) is -0.752. The van der Waals surface area contributed by atoms with Crippen LogP contribution in [0.5, 0.6) is 0 Å². The first-order chi connectivity index (χ1) is 11.7. The van der Waals surface area contributed by atoms with E-state index in [1.807, 2.05) is 0 Å². The fourth-order valence-corrected chi connectivity index (χ4v) is 2.96. The molecule has 0 aliphatic carbocycles. The molecule has 25 heavy (non-hydrogen) atoms. The van der Waals surface area contributed by atoms with E-state index in [0.29, 0.717) is 0 Å². The molecule has 1 aliphatic heterocycles. The molecule has 0 unspecified atom stereocenters. The van der Waals surface area contributed by atoms with Crippen molar-refractivity contribution in [2.45, 2.75) is 24.4 Å². The van der Waals surface area contributed by atoms with E-state index in [1.54, 1.807) is 0 Å². The van der Waals surface area contributed by atoms with Crippen LogP contribution in [0, 0.1) is 0 Å². The van der Waals surface area contributed by atoms with Crippen molar-refractivity contribution in [3.63, 3.8) is 0 Å². The van der Waals surface area contributed by atoms with Crippen LogP contribution < -0.4 is 11.3 Å². The first kappa shape index (κ1) is 17.9. The molecular formula is C11H16N5O8P. The SMILES string of the molecule is Nc1nc2c(ncn2[C@@H]2CO[C@H](COP(=O)(O)O)[C@@H](O)[C@H]2O)c(=O)[nH]1. The maximum atomic E-state index is 11.8. The summed E-state index contributed by atoms with van der Waals surface area (Å²) in [5, 5.41) is 20.5. The van der Waals surface area contributed by atoms with Crippen LogP contribution in [0.15, 0.2) is 11.1 Å². The van der Waals surface area contributed by atoms with Crippen molar-refractivity contribution in [3.05, 3.63) is 16.7 Å². The van der Waals surface area contributed by atoms with Crippen LogP contribution in [0.3, 0.4) is 0 Å². The number of anilines is 1. The van der Waals surface area contributed by atoms with Crippen LogP contribution in [0.4, 0.5) is 5.95 Å². The number of ether oxygens (including phenoxy) is 1. The van der Waals surface area contributed by atoms with Gasteiger partial charge >= 0.3 is 7.82 Å². The number of imidazole rings is 1. The number of nitrogens with zero attached hydrogens (tertiary/aromatic N) is 3. The number of phosphoric acid groups is 1. The van der Waals surface area contributed by atoms with E-state index < -0.39 is 44.3 Å². The van der Waals surface area contributed by atoms with Gasteiger partial charge in [0.2, 0.25) is 5.95 Å². The summed E-state index contributed by atoms with van der Waals surface area (Å²) in [6, 6.07) is -0.847. The molecule has 0 radical (unpaired) electrons. The highest BCUT2D eigenvalue weighted by atomic mass is 31.2. The number of rotatable bonds is 4. The number of aliphatic hydroxyl groups is 2. The molecule has 0 amide bonds. The topological polar surface area (TPSA) is 206 Å². The lowest BCUT2D eigenvalue weighted by Gasteiger charge is -2.37. The van der Waals surface area contributed by atoms with Gasteiger partial charge in [0.1, 0.15) is 18.3 Å². The van der Waals surface area contributed by atoms with Gasteiger partial charge in [-0.3, -0.25) is 14.3 Å². The Morgan fingerprint density at radius 2 is 2.16 bits per heavy atom. The number of aromatic amines is 1. The molecular weight excluding hydrogens is 361 g/mol. The maximum absolute atomic E-state index is 11.8. The van der Waals surface area contributed by atoms with Crippen LogP contribution in [-0.4, -0.2) is 71.0 Å². The molecule has 0 saturated carbocycles. The van der Waals surface area contributed by atoms with E-state index in [2.05, 4.69) is 19.5 Å². The molecule has 3 rings (SSSR count). The number of nitrogens with one attached hydrogen (secondary N) is 1. The molecule has 0 bridgehead atoms. The summed E-state index contributed by atoms with van der Waals surface area (Å²) >= 11 is 0. The number of nitrogen functional groups attached to an aromatic ring is 1. The van der Waals surface area contributed by atoms with Crippen molar-refractivity contribution in [3.8, 4) is 0 Å². The normalized spacial score (nSPS) is 27.7. The van der Waals surface area contributed by atoms with E-state index in [0.717, 1.165) is 0 Å². The van der Waals surface area contributed by atoms with Crippen LogP contribution in [0.25, 0.3) is 11.2 Å². The average molecular weight is 377 g/mol. The fraction of sp³-hybridized carbons (Fsp3) is 0.545. The lowest BCUT2D eigenvalue weighted by molar-refractivity contribution is -0.168. The quantitative estimate of drug-likeness (QED) is 0.306. The maximum Gasteiger partial charge on any atom is 0.469 e. The van der Waals surface area contributed by atoms with Crippen molar-refractivity contribution in [2.24, 2.45) is 0 Å². The van der Waals surface area contributed by atoms with Gasteiger partial charge in [-0.05, 0) is 0 Å². The van der Waals surface area contributed by atoms with Crippen molar-refractivity contribution < 1.29 is 33.8 Å². The van der Waals surface area contributed by atoms with Gasteiger partial charge in [0.15, 0.2) is 11.2 Å². The second kappa shape index (κ2) is 6.46. The Kier molecular flexibility index (Phi) is 4.64. The van der Waals surface area contributed by atoms with Crippen LogP contribution in [-0.2, 0) is 13.8 Å². The summed E-state index contributed by atoms with van der Waals surface area (Å²) in [6.07, 6.45) is -2.78. The summed E-state index contributed by atoms with van der Waals surface area (Å²) in [4.78, 5) is 39.3. The number of aromatic nitrogens is 4. The minimum absolute atomic E-state index is 0.00264. The zero-order valence-corrected chi connectivity index (χ0v) is 13.5. The second-order valence-electron chi connectivity index (χ2n) is 5.48. The number of nitrogens with two attached hydrogens (primary N) is 1. The number of aliphatic hydroxyl groups excluding tert-OH is 2. The Labute approximate surface area is 139 Å². The van der Waals surface area contributed by atoms with Crippen molar-refractivity contribution >= 4 is 24.9 Å². The molecule has 4 atom stereocenters. The van der Waals surface area contributed by atoms with Gasteiger partial charge < -0.3 is 35.0 Å². The molecule has 0 spiro atoms. The van der Waals surface area contributed by atoms with Gasteiger partial charge in [0.25, 0.3) is 5.56 Å². The third kappa shape index (κ3) is 3.57. The van der Waals surface area contributed by atoms with Crippen LogP contribution >= 0.6 is 7.82 Å². The summed E-state index contributed by atoms with van der Waals surface area (Å²) < 4.78 is 21.7. The molecule has 1 aliphatic rings. The van der Waals surface area contributed by atoms with Gasteiger partial charge in [0, 0.05) is 0 Å². The third-order valence-electron chi connectivity index (χ3n) is 3.82. The predicted molar refractivity (Wildman–Crippen MR) is 81.3 cm³/mol. The largest absolute Gasteiger partial charge is 0.469 e. The van der Waals surface area contributed by atoms with Gasteiger partial charge in [-0.25, -0.2) is 9.55 Å². The third-order valence-corrected chi connectivity index (χ3v) is 4.31. The Hall–Kier alpha value is -1.86. The smallest absolute Gasteiger partial charge is 0.388 e. The van der Waals surface area contributed by atoms with Crippen LogP contribution in [0.1, 0.15) is 6.04 Å². The molecule has 2 aromatic rings. The number of fused-ring (bicyclic) bond motifs is 1. The molecule has 1 fully saturated rings. The fourth-order valence-electron chi connectivity index (χ4n) is 2.61. The molecule has 0 aromatic carbocycles. The van der Waals surface area contributed by atoms with E-state index >= 15 is 0 Å². The summed E-state index contributed by atoms with van der Waals surface area (Å²) in [5.74, 6) is -0.140. The molecule has 1 saturated heterocycles. The van der Waals surface area contributed by atoms with Gasteiger partial charge in [0.05, 0.1) is 25.6 Å². The predicted octanol–water partition coefficient (Wildman–Crippen LogP) is -2.53. The Morgan fingerprint density at radius 3 is 2.84 bits per heavy atom. The second-order valence-corrected chi connectivity index (χ2v) is 6.72. The zero-order chi connectivity index (χ0) is 18.4. The first-order valence-electron chi connectivity index (χ1n) is 7.07. The highest BCUT2D eigenvalue weighted by Gasteiger charge is 2.41. The van der Waals surface area contributed by atoms with Gasteiger partial charge in [-0.2, -0.15) is 4.98 Å². The Morgan fingerprint density at radius 1 is 1.44 bits per heavy atom. The van der Waals surface area contributed by atoms with Crippen molar-refractivity contribution in [1.82, 2.24) is 19.5 Å².